The van der Waals surface area contributed by atoms with E-state index in [0.29, 0.717) is 28.3 Å². The van der Waals surface area contributed by atoms with Crippen LogP contribution in [0.4, 0.5) is 8.78 Å². The van der Waals surface area contributed by atoms with Crippen LogP contribution in [0.2, 0.25) is 5.02 Å². The number of ketones is 1. The van der Waals surface area contributed by atoms with E-state index in [0.717, 1.165) is 0 Å². The predicted octanol–water partition coefficient (Wildman–Crippen LogP) is 3.83. The zero-order valence-corrected chi connectivity index (χ0v) is 15.4. The molecule has 2 rings (SSSR count). The molecule has 0 aliphatic carbocycles. The molecule has 1 aromatic carbocycles. The normalized spacial score (nSPS) is 10.7. The number of rotatable bonds is 9. The molecule has 5 nitrogen and oxygen atoms in total. The Hall–Kier alpha value is -2.54. The number of halogens is 3. The lowest BCUT2D eigenvalue weighted by atomic mass is 10.1. The van der Waals surface area contributed by atoms with Gasteiger partial charge in [0.15, 0.2) is 0 Å². The Bertz CT molecular complexity index is 815. The number of benzene rings is 1. The minimum Gasteiger partial charge on any atom is -0.488 e. The molecule has 0 spiro atoms. The number of amides is 1. The van der Waals surface area contributed by atoms with E-state index >= 15 is 0 Å². The van der Waals surface area contributed by atoms with Crippen molar-refractivity contribution in [2.45, 2.75) is 32.7 Å². The van der Waals surface area contributed by atoms with Gasteiger partial charge in [0.2, 0.25) is 0 Å². The lowest BCUT2D eigenvalue weighted by Gasteiger charge is -2.10. The molecule has 0 saturated heterocycles. The van der Waals surface area contributed by atoms with Gasteiger partial charge in [-0.1, -0.05) is 24.6 Å². The number of nitrogens with one attached hydrogen (secondary N) is 1. The minimum atomic E-state index is -2.57. The fourth-order valence-corrected chi connectivity index (χ4v) is 2.48. The van der Waals surface area contributed by atoms with Crippen LogP contribution in [0.25, 0.3) is 0 Å². The molecule has 0 atom stereocenters. The summed E-state index contributed by atoms with van der Waals surface area (Å²) in [5, 5.41) is 3.02. The maximum absolute atomic E-state index is 12.3. The lowest BCUT2D eigenvalue weighted by molar-refractivity contribution is -0.118. The fourth-order valence-electron chi connectivity index (χ4n) is 2.24. The summed E-state index contributed by atoms with van der Waals surface area (Å²) in [7, 11) is 0. The van der Waals surface area contributed by atoms with Crippen LogP contribution in [0.1, 0.15) is 35.0 Å². The highest BCUT2D eigenvalue weighted by Gasteiger charge is 2.11. The molecule has 0 aliphatic heterocycles. The predicted molar refractivity (Wildman–Crippen MR) is 97.4 cm³/mol. The van der Waals surface area contributed by atoms with Gasteiger partial charge >= 0.3 is 0 Å². The van der Waals surface area contributed by atoms with E-state index in [1.807, 2.05) is 0 Å². The van der Waals surface area contributed by atoms with Gasteiger partial charge in [0.05, 0.1) is 0 Å². The number of pyridine rings is 1. The van der Waals surface area contributed by atoms with Crippen molar-refractivity contribution in [3.05, 3.63) is 58.4 Å². The molecule has 2 aromatic rings. The first kappa shape index (κ1) is 20.8. The average molecular weight is 397 g/mol. The maximum Gasteiger partial charge on any atom is 0.272 e. The van der Waals surface area contributed by atoms with Crippen molar-refractivity contribution < 1.29 is 23.1 Å². The number of hydrogen-bond donors (Lipinski definition) is 1. The van der Waals surface area contributed by atoms with Gasteiger partial charge in [-0.3, -0.25) is 14.6 Å². The van der Waals surface area contributed by atoms with Crippen molar-refractivity contribution in [3.8, 4) is 5.75 Å². The van der Waals surface area contributed by atoms with Gasteiger partial charge in [-0.2, -0.15) is 0 Å². The summed E-state index contributed by atoms with van der Waals surface area (Å²) < 4.78 is 29.2. The van der Waals surface area contributed by atoms with Gasteiger partial charge in [-0.25, -0.2) is 8.78 Å². The second kappa shape index (κ2) is 9.97. The van der Waals surface area contributed by atoms with E-state index in [2.05, 4.69) is 10.3 Å². The number of carbonyl (C=O) groups is 2. The van der Waals surface area contributed by atoms with Gasteiger partial charge in [0, 0.05) is 41.9 Å². The van der Waals surface area contributed by atoms with Gasteiger partial charge in [0.25, 0.3) is 12.3 Å². The summed E-state index contributed by atoms with van der Waals surface area (Å²) in [6.45, 7) is 1.21. The number of carbonyl (C=O) groups excluding carboxylic acids is 2. The SMILES string of the molecule is CCC(=O)Cc1cc(C(=O)NCc2ccc(OCC(F)F)cc2Cl)ccn1. The number of aromatic nitrogens is 1. The van der Waals surface area contributed by atoms with E-state index in [-0.39, 0.29) is 30.4 Å². The van der Waals surface area contributed by atoms with Crippen LogP contribution in [0.15, 0.2) is 36.5 Å². The van der Waals surface area contributed by atoms with E-state index in [1.54, 1.807) is 25.1 Å². The molecule has 0 unspecified atom stereocenters. The van der Waals surface area contributed by atoms with Crippen molar-refractivity contribution in [3.63, 3.8) is 0 Å². The Labute approximate surface area is 160 Å². The van der Waals surface area contributed by atoms with Gasteiger partial charge < -0.3 is 10.1 Å². The Balaban J connectivity index is 1.97. The molecule has 1 aromatic heterocycles. The van der Waals surface area contributed by atoms with Gasteiger partial charge in [-0.05, 0) is 29.8 Å². The standard InChI is InChI=1S/C19H19ClF2N2O3/c1-2-15(25)8-14-7-12(5-6-23-14)19(26)24-10-13-3-4-16(9-17(13)20)27-11-18(21)22/h3-7,9,18H,2,8,10-11H2,1H3,(H,24,26). The summed E-state index contributed by atoms with van der Waals surface area (Å²) in [4.78, 5) is 27.9. The van der Waals surface area contributed by atoms with Gasteiger partial charge in [-0.15, -0.1) is 0 Å². The smallest absolute Gasteiger partial charge is 0.272 e. The molecule has 0 aliphatic rings. The minimum absolute atomic E-state index is 0.0426. The van der Waals surface area contributed by atoms with E-state index < -0.39 is 13.0 Å². The molecule has 0 radical (unpaired) electrons. The summed E-state index contributed by atoms with van der Waals surface area (Å²) in [5.74, 6) is -0.0626. The molecule has 1 amide bonds. The van der Waals surface area contributed by atoms with E-state index in [4.69, 9.17) is 16.3 Å². The molecule has 0 fully saturated rings. The summed E-state index contributed by atoms with van der Waals surface area (Å²) >= 11 is 6.11. The average Bonchev–Trinajstić information content (AvgIpc) is 2.65. The third-order valence-electron chi connectivity index (χ3n) is 3.69. The van der Waals surface area contributed by atoms with Crippen molar-refractivity contribution >= 4 is 23.3 Å². The van der Waals surface area contributed by atoms with Crippen molar-refractivity contribution in [2.24, 2.45) is 0 Å². The summed E-state index contributed by atoms with van der Waals surface area (Å²) in [6, 6.07) is 7.66. The third kappa shape index (κ3) is 6.60. The molecule has 27 heavy (non-hydrogen) atoms. The molecule has 1 N–H and O–H groups in total. The van der Waals surface area contributed by atoms with Crippen molar-refractivity contribution in [1.29, 1.82) is 0 Å². The van der Waals surface area contributed by atoms with Crippen LogP contribution in [0.3, 0.4) is 0 Å². The summed E-state index contributed by atoms with van der Waals surface area (Å²) in [5.41, 5.74) is 1.54. The molecular formula is C19H19ClF2N2O3. The Kier molecular flexibility index (Phi) is 7.67. The van der Waals surface area contributed by atoms with Crippen LogP contribution in [0.5, 0.6) is 5.75 Å². The van der Waals surface area contributed by atoms with Crippen LogP contribution < -0.4 is 10.1 Å². The number of Topliss-reactive ketones (excluding diaryl/α,β-unsaturated/α-hetero) is 1. The number of ether oxygens (including phenoxy) is 1. The number of nitrogens with zero attached hydrogens (tertiary/aromatic N) is 1. The Morgan fingerprint density at radius 3 is 2.70 bits per heavy atom. The molecular weight excluding hydrogens is 378 g/mol. The number of hydrogen-bond acceptors (Lipinski definition) is 4. The second-order valence-corrected chi connectivity index (χ2v) is 6.15. The highest BCUT2D eigenvalue weighted by molar-refractivity contribution is 6.31. The van der Waals surface area contributed by atoms with E-state index in [9.17, 15) is 18.4 Å². The first-order chi connectivity index (χ1) is 12.9. The second-order valence-electron chi connectivity index (χ2n) is 5.74. The fraction of sp³-hybridized carbons (Fsp3) is 0.316. The molecule has 8 heteroatoms. The van der Waals surface area contributed by atoms with Crippen LogP contribution >= 0.6 is 11.6 Å². The van der Waals surface area contributed by atoms with Crippen molar-refractivity contribution in [2.75, 3.05) is 6.61 Å². The Morgan fingerprint density at radius 2 is 2.04 bits per heavy atom. The highest BCUT2D eigenvalue weighted by Crippen LogP contribution is 2.23. The summed E-state index contributed by atoms with van der Waals surface area (Å²) in [6.07, 6.45) is -0.493. The van der Waals surface area contributed by atoms with Crippen LogP contribution in [-0.4, -0.2) is 29.7 Å². The number of alkyl halides is 2. The van der Waals surface area contributed by atoms with Crippen molar-refractivity contribution in [1.82, 2.24) is 10.3 Å². The first-order valence-electron chi connectivity index (χ1n) is 8.33. The molecule has 1 heterocycles. The monoisotopic (exact) mass is 396 g/mol. The first-order valence-corrected chi connectivity index (χ1v) is 8.71. The van der Waals surface area contributed by atoms with E-state index in [1.165, 1.54) is 18.3 Å². The molecule has 0 saturated carbocycles. The zero-order chi connectivity index (χ0) is 19.8. The quantitative estimate of drug-likeness (QED) is 0.699. The lowest BCUT2D eigenvalue weighted by Crippen LogP contribution is -2.23. The van der Waals surface area contributed by atoms with Crippen LogP contribution in [-0.2, 0) is 17.8 Å². The van der Waals surface area contributed by atoms with Crippen LogP contribution in [0, 0.1) is 0 Å². The maximum atomic E-state index is 12.3. The third-order valence-corrected chi connectivity index (χ3v) is 4.04. The highest BCUT2D eigenvalue weighted by atomic mass is 35.5. The largest absolute Gasteiger partial charge is 0.488 e. The zero-order valence-electron chi connectivity index (χ0n) is 14.7. The van der Waals surface area contributed by atoms with Gasteiger partial charge in [0.1, 0.15) is 18.1 Å². The molecule has 144 valence electrons. The topological polar surface area (TPSA) is 68.3 Å². The molecule has 0 bridgehead atoms. The Morgan fingerprint density at radius 1 is 1.26 bits per heavy atom.